The molecule has 1 heterocycles. The molecule has 0 radical (unpaired) electrons. The molecule has 2 amide bonds. The Bertz CT molecular complexity index is 1440. The number of aromatic nitrogens is 2. The number of hydrogen-bond acceptors (Lipinski definition) is 3. The fourth-order valence-electron chi connectivity index (χ4n) is 3.94. The smallest absolute Gasteiger partial charge is 0.251 e. The molecular weight excluding hydrogens is 412 g/mol. The van der Waals surface area contributed by atoms with Crippen molar-refractivity contribution in [3.63, 3.8) is 0 Å². The number of H-pyrrole nitrogens is 1. The lowest BCUT2D eigenvalue weighted by Crippen LogP contribution is -2.39. The van der Waals surface area contributed by atoms with Crippen LogP contribution < -0.4 is 10.6 Å². The monoisotopic (exact) mass is 434 g/mol. The Morgan fingerprint density at radius 2 is 1.61 bits per heavy atom. The van der Waals surface area contributed by atoms with Gasteiger partial charge in [0.15, 0.2) is 0 Å². The van der Waals surface area contributed by atoms with E-state index in [9.17, 15) is 9.59 Å². The van der Waals surface area contributed by atoms with Crippen LogP contribution in [0.5, 0.6) is 0 Å². The number of benzene rings is 4. The number of nitrogens with zero attached hydrogens (tertiary/aromatic N) is 1. The lowest BCUT2D eigenvalue weighted by atomic mass is 9.98. The number of amides is 2. The van der Waals surface area contributed by atoms with Crippen LogP contribution in [0.3, 0.4) is 0 Å². The molecule has 5 aromatic rings. The second kappa shape index (κ2) is 8.96. The second-order valence-electron chi connectivity index (χ2n) is 7.83. The zero-order valence-corrected chi connectivity index (χ0v) is 17.8. The zero-order valence-electron chi connectivity index (χ0n) is 17.8. The molecule has 3 N–H and O–H groups in total. The first-order valence-electron chi connectivity index (χ1n) is 10.7. The van der Waals surface area contributed by atoms with Gasteiger partial charge in [-0.25, -0.2) is 4.98 Å². The Morgan fingerprint density at radius 3 is 2.45 bits per heavy atom. The van der Waals surface area contributed by atoms with Crippen LogP contribution in [-0.2, 0) is 4.79 Å². The summed E-state index contributed by atoms with van der Waals surface area (Å²) in [4.78, 5) is 32.8. The standard InChI is InChI=1S/C27H22N4O2/c32-25(16-28-27(33)22-11-10-18-6-4-5-9-20(18)14-22)31-26(19-7-2-1-3-8-19)21-12-13-23-24(15-21)30-17-29-23/h1-15,17,26H,16H2,(H,28,33)(H,29,30)(H,31,32). The van der Waals surface area contributed by atoms with Crippen LogP contribution in [0.4, 0.5) is 0 Å². The number of aromatic amines is 1. The maximum absolute atomic E-state index is 12.8. The van der Waals surface area contributed by atoms with Crippen LogP contribution in [0.25, 0.3) is 21.8 Å². The molecule has 0 aliphatic rings. The van der Waals surface area contributed by atoms with Crippen molar-refractivity contribution >= 4 is 33.6 Å². The number of fused-ring (bicyclic) bond motifs is 2. The molecule has 1 unspecified atom stereocenters. The fourth-order valence-corrected chi connectivity index (χ4v) is 3.94. The highest BCUT2D eigenvalue weighted by Gasteiger charge is 2.18. The molecule has 33 heavy (non-hydrogen) atoms. The first-order chi connectivity index (χ1) is 16.2. The first-order valence-corrected chi connectivity index (χ1v) is 10.7. The molecule has 1 atom stereocenters. The molecule has 162 valence electrons. The molecule has 6 nitrogen and oxygen atoms in total. The van der Waals surface area contributed by atoms with E-state index < -0.39 is 0 Å². The lowest BCUT2D eigenvalue weighted by Gasteiger charge is -2.20. The normalized spacial score (nSPS) is 11.9. The molecule has 6 heteroatoms. The van der Waals surface area contributed by atoms with Crippen LogP contribution in [0.2, 0.25) is 0 Å². The van der Waals surface area contributed by atoms with E-state index in [2.05, 4.69) is 20.6 Å². The molecule has 1 aromatic heterocycles. The molecule has 0 bridgehead atoms. The summed E-state index contributed by atoms with van der Waals surface area (Å²) in [6.07, 6.45) is 1.65. The van der Waals surface area contributed by atoms with E-state index in [-0.39, 0.29) is 24.4 Å². The number of rotatable bonds is 6. The maximum Gasteiger partial charge on any atom is 0.251 e. The number of carbonyl (C=O) groups excluding carboxylic acids is 2. The Balaban J connectivity index is 1.31. The van der Waals surface area contributed by atoms with Gasteiger partial charge in [-0.2, -0.15) is 0 Å². The summed E-state index contributed by atoms with van der Waals surface area (Å²) in [6, 6.07) is 28.6. The average Bonchev–Trinajstić information content (AvgIpc) is 3.34. The Labute approximate surface area is 190 Å². The van der Waals surface area contributed by atoms with Crippen molar-refractivity contribution in [2.45, 2.75) is 6.04 Å². The molecule has 0 spiro atoms. The van der Waals surface area contributed by atoms with Gasteiger partial charge in [0, 0.05) is 5.56 Å². The van der Waals surface area contributed by atoms with Gasteiger partial charge in [-0.05, 0) is 46.2 Å². The van der Waals surface area contributed by atoms with Gasteiger partial charge in [0.2, 0.25) is 5.91 Å². The summed E-state index contributed by atoms with van der Waals surface area (Å²) in [6.45, 7) is -0.124. The minimum Gasteiger partial charge on any atom is -0.345 e. The molecular formula is C27H22N4O2. The molecule has 5 rings (SSSR count). The first kappa shape index (κ1) is 20.5. The van der Waals surface area contributed by atoms with Gasteiger partial charge >= 0.3 is 0 Å². The molecule has 0 saturated carbocycles. The predicted molar refractivity (Wildman–Crippen MR) is 129 cm³/mol. The molecule has 0 aliphatic heterocycles. The third-order valence-electron chi connectivity index (χ3n) is 5.64. The van der Waals surface area contributed by atoms with Crippen LogP contribution in [0, 0.1) is 0 Å². The minimum absolute atomic E-state index is 0.124. The van der Waals surface area contributed by atoms with Crippen molar-refractivity contribution in [3.8, 4) is 0 Å². The van der Waals surface area contributed by atoms with E-state index in [1.54, 1.807) is 12.4 Å². The van der Waals surface area contributed by atoms with Crippen LogP contribution in [0.15, 0.2) is 97.3 Å². The number of imidazole rings is 1. The number of hydrogen-bond donors (Lipinski definition) is 3. The summed E-state index contributed by atoms with van der Waals surface area (Å²) in [5.41, 5.74) is 4.15. The maximum atomic E-state index is 12.8. The van der Waals surface area contributed by atoms with E-state index in [1.165, 1.54) is 0 Å². The topological polar surface area (TPSA) is 86.9 Å². The highest BCUT2D eigenvalue weighted by Crippen LogP contribution is 2.24. The van der Waals surface area contributed by atoms with Gasteiger partial charge in [0.05, 0.1) is 29.9 Å². The Kier molecular flexibility index (Phi) is 5.55. The van der Waals surface area contributed by atoms with Crippen molar-refractivity contribution in [1.82, 2.24) is 20.6 Å². The average molecular weight is 434 g/mol. The van der Waals surface area contributed by atoms with Gasteiger partial charge in [-0.3, -0.25) is 9.59 Å². The SMILES string of the molecule is O=C(CNC(=O)c1ccc2ccccc2c1)NC(c1ccccc1)c1ccc2nc[nH]c2c1. The lowest BCUT2D eigenvalue weighted by molar-refractivity contribution is -0.120. The number of carbonyl (C=O) groups is 2. The van der Waals surface area contributed by atoms with E-state index in [0.717, 1.165) is 32.9 Å². The zero-order chi connectivity index (χ0) is 22.6. The third-order valence-corrected chi connectivity index (χ3v) is 5.64. The Morgan fingerprint density at radius 1 is 0.818 bits per heavy atom. The summed E-state index contributed by atoms with van der Waals surface area (Å²) in [5.74, 6) is -0.561. The van der Waals surface area contributed by atoms with E-state index >= 15 is 0 Å². The van der Waals surface area contributed by atoms with E-state index in [0.29, 0.717) is 5.56 Å². The summed E-state index contributed by atoms with van der Waals surface area (Å²) in [5, 5.41) is 7.83. The van der Waals surface area contributed by atoms with Gasteiger partial charge in [0.25, 0.3) is 5.91 Å². The third kappa shape index (κ3) is 4.45. The second-order valence-corrected chi connectivity index (χ2v) is 7.83. The summed E-state index contributed by atoms with van der Waals surface area (Å²) in [7, 11) is 0. The van der Waals surface area contributed by atoms with Crippen LogP contribution >= 0.6 is 0 Å². The van der Waals surface area contributed by atoms with Gasteiger partial charge in [-0.15, -0.1) is 0 Å². The largest absolute Gasteiger partial charge is 0.345 e. The van der Waals surface area contributed by atoms with Gasteiger partial charge in [-0.1, -0.05) is 66.7 Å². The summed E-state index contributed by atoms with van der Waals surface area (Å²) < 4.78 is 0. The molecule has 0 aliphatic carbocycles. The quantitative estimate of drug-likeness (QED) is 0.371. The molecule has 0 saturated heterocycles. The highest BCUT2D eigenvalue weighted by atomic mass is 16.2. The minimum atomic E-state index is -0.357. The van der Waals surface area contributed by atoms with Crippen molar-refractivity contribution in [2.75, 3.05) is 6.54 Å². The fraction of sp³-hybridized carbons (Fsp3) is 0.0741. The summed E-state index contributed by atoms with van der Waals surface area (Å²) >= 11 is 0. The van der Waals surface area contributed by atoms with Gasteiger partial charge < -0.3 is 15.6 Å². The van der Waals surface area contributed by atoms with Crippen molar-refractivity contribution in [2.24, 2.45) is 0 Å². The Hall–Kier alpha value is -4.45. The van der Waals surface area contributed by atoms with Crippen molar-refractivity contribution in [3.05, 3.63) is 114 Å². The molecule has 4 aromatic carbocycles. The highest BCUT2D eigenvalue weighted by molar-refractivity contribution is 6.00. The molecule has 0 fully saturated rings. The van der Waals surface area contributed by atoms with Gasteiger partial charge in [0.1, 0.15) is 0 Å². The van der Waals surface area contributed by atoms with E-state index in [4.69, 9.17) is 0 Å². The predicted octanol–water partition coefficient (Wildman–Crippen LogP) is 4.35. The number of nitrogens with one attached hydrogen (secondary N) is 3. The van der Waals surface area contributed by atoms with E-state index in [1.807, 2.05) is 84.9 Å². The van der Waals surface area contributed by atoms with Crippen molar-refractivity contribution < 1.29 is 9.59 Å². The van der Waals surface area contributed by atoms with Crippen LogP contribution in [0.1, 0.15) is 27.5 Å². The van der Waals surface area contributed by atoms with Crippen LogP contribution in [-0.4, -0.2) is 28.3 Å². The van der Waals surface area contributed by atoms with Crippen molar-refractivity contribution in [1.29, 1.82) is 0 Å².